The van der Waals surface area contributed by atoms with Crippen LogP contribution in [0.4, 0.5) is 29.7 Å². The summed E-state index contributed by atoms with van der Waals surface area (Å²) in [5, 5.41) is 24.9. The summed E-state index contributed by atoms with van der Waals surface area (Å²) in [7, 11) is 1.61. The predicted octanol–water partition coefficient (Wildman–Crippen LogP) is 2.77. The summed E-state index contributed by atoms with van der Waals surface area (Å²) in [5.74, 6) is -4.07. The van der Waals surface area contributed by atoms with Crippen LogP contribution in [0.25, 0.3) is 10.2 Å². The van der Waals surface area contributed by atoms with Crippen LogP contribution in [0.3, 0.4) is 0 Å². The number of nitrogens with two attached hydrogens (primary N) is 1. The number of aromatic nitrogens is 1. The van der Waals surface area contributed by atoms with E-state index in [1.807, 2.05) is 0 Å². The lowest BCUT2D eigenvalue weighted by atomic mass is 10.1. The molecule has 11 nitrogen and oxygen atoms in total. The van der Waals surface area contributed by atoms with Gasteiger partial charge in [-0.05, 0) is 36.8 Å². The Morgan fingerprint density at radius 3 is 2.70 bits per heavy atom. The largest absolute Gasteiger partial charge is 0.573 e. The third-order valence-corrected chi connectivity index (χ3v) is 6.51. The third-order valence-electron chi connectivity index (χ3n) is 5.57. The van der Waals surface area contributed by atoms with E-state index in [1.165, 1.54) is 24.3 Å². The lowest BCUT2D eigenvalue weighted by Crippen LogP contribution is -2.67. The van der Waals surface area contributed by atoms with Gasteiger partial charge in [0.1, 0.15) is 5.75 Å². The average molecular weight is 542 g/mol. The number of hydrogen-bond acceptors (Lipinski definition) is 10. The first-order valence-electron chi connectivity index (χ1n) is 10.8. The van der Waals surface area contributed by atoms with E-state index in [-0.39, 0.29) is 30.3 Å². The Bertz CT molecular complexity index is 1340. The Kier molecular flexibility index (Phi) is 7.03. The topological polar surface area (TPSA) is 159 Å². The van der Waals surface area contributed by atoms with Gasteiger partial charge < -0.3 is 41.0 Å². The zero-order valence-corrected chi connectivity index (χ0v) is 20.0. The van der Waals surface area contributed by atoms with Crippen LogP contribution in [-0.2, 0) is 9.53 Å². The summed E-state index contributed by atoms with van der Waals surface area (Å²) in [6.07, 6.45) is -6.04. The fourth-order valence-corrected chi connectivity index (χ4v) is 4.91. The van der Waals surface area contributed by atoms with Gasteiger partial charge in [0.05, 0.1) is 33.8 Å². The van der Waals surface area contributed by atoms with Gasteiger partial charge >= 0.3 is 12.3 Å². The molecule has 2 aromatic carbocycles. The van der Waals surface area contributed by atoms with Crippen molar-refractivity contribution in [1.29, 1.82) is 0 Å². The molecule has 37 heavy (non-hydrogen) atoms. The highest BCUT2D eigenvalue weighted by atomic mass is 32.1. The molecule has 4 rings (SSSR count). The smallest absolute Gasteiger partial charge is 0.478 e. The van der Waals surface area contributed by atoms with Crippen molar-refractivity contribution in [2.75, 3.05) is 35.8 Å². The minimum absolute atomic E-state index is 0.00976. The number of aromatic carboxylic acids is 1. The SMILES string of the molecule is CN1c2ccc(C(=O)O)cc2NC1(Nc1nc2ccc(OC(F)(F)F)cc2s1)C(OCCCO)C(N)=O. The molecule has 6 N–H and O–H groups in total. The van der Waals surface area contributed by atoms with Gasteiger partial charge in [0.2, 0.25) is 5.79 Å². The van der Waals surface area contributed by atoms with Crippen molar-refractivity contribution in [3.05, 3.63) is 42.0 Å². The number of rotatable bonds is 10. The minimum atomic E-state index is -4.86. The number of anilines is 3. The van der Waals surface area contributed by atoms with E-state index in [4.69, 9.17) is 15.6 Å². The van der Waals surface area contributed by atoms with Gasteiger partial charge in [-0.3, -0.25) is 4.79 Å². The number of thiazole rings is 1. The van der Waals surface area contributed by atoms with Gasteiger partial charge in [-0.15, -0.1) is 13.2 Å². The highest BCUT2D eigenvalue weighted by molar-refractivity contribution is 7.22. The van der Waals surface area contributed by atoms with E-state index in [0.29, 0.717) is 21.6 Å². The number of carboxylic acids is 1. The second-order valence-electron chi connectivity index (χ2n) is 8.04. The second-order valence-corrected chi connectivity index (χ2v) is 9.07. The molecule has 2 unspecified atom stereocenters. The van der Waals surface area contributed by atoms with E-state index >= 15 is 0 Å². The van der Waals surface area contributed by atoms with E-state index in [1.54, 1.807) is 18.0 Å². The number of likely N-dealkylation sites (N-methyl/N-ethyl adjacent to an activating group) is 1. The number of fused-ring (bicyclic) bond motifs is 2. The first-order chi connectivity index (χ1) is 17.4. The van der Waals surface area contributed by atoms with Crippen molar-refractivity contribution in [1.82, 2.24) is 4.98 Å². The Morgan fingerprint density at radius 2 is 2.05 bits per heavy atom. The molecule has 0 fully saturated rings. The number of carbonyl (C=O) groups excluding carboxylic acids is 1. The van der Waals surface area contributed by atoms with Crippen LogP contribution in [0.15, 0.2) is 36.4 Å². The zero-order chi connectivity index (χ0) is 27.0. The number of primary amides is 1. The fraction of sp³-hybridized carbons (Fsp3) is 0.318. The van der Waals surface area contributed by atoms with Crippen molar-refractivity contribution in [2.45, 2.75) is 24.7 Å². The number of carboxylic acid groups (broad SMARTS) is 1. The van der Waals surface area contributed by atoms with Crippen LogP contribution >= 0.6 is 11.3 Å². The van der Waals surface area contributed by atoms with Crippen LogP contribution in [0, 0.1) is 0 Å². The summed E-state index contributed by atoms with van der Waals surface area (Å²) in [5.41, 5.74) is 6.92. The Balaban J connectivity index is 1.75. The Hall–Kier alpha value is -3.82. The molecule has 0 saturated carbocycles. The van der Waals surface area contributed by atoms with Gasteiger partial charge in [-0.1, -0.05) is 11.3 Å². The molecule has 1 aliphatic rings. The zero-order valence-electron chi connectivity index (χ0n) is 19.2. The fourth-order valence-electron chi connectivity index (χ4n) is 3.96. The number of carbonyl (C=O) groups is 2. The molecule has 2 atom stereocenters. The number of benzene rings is 2. The van der Waals surface area contributed by atoms with E-state index in [2.05, 4.69) is 20.4 Å². The first-order valence-corrected chi connectivity index (χ1v) is 11.6. The van der Waals surface area contributed by atoms with Gasteiger partial charge in [0.25, 0.3) is 5.91 Å². The van der Waals surface area contributed by atoms with Gasteiger partial charge in [-0.25, -0.2) is 9.78 Å². The van der Waals surface area contributed by atoms with Crippen molar-refractivity contribution >= 4 is 49.9 Å². The molecule has 198 valence electrons. The Morgan fingerprint density at radius 1 is 1.30 bits per heavy atom. The highest BCUT2D eigenvalue weighted by Crippen LogP contribution is 2.43. The van der Waals surface area contributed by atoms with Crippen molar-refractivity contribution in [2.24, 2.45) is 5.73 Å². The van der Waals surface area contributed by atoms with Crippen molar-refractivity contribution < 1.29 is 42.4 Å². The number of nitrogens with one attached hydrogen (secondary N) is 2. The molecule has 1 aromatic heterocycles. The van der Waals surface area contributed by atoms with Crippen LogP contribution in [0.2, 0.25) is 0 Å². The third kappa shape index (κ3) is 5.33. The van der Waals surface area contributed by atoms with Gasteiger partial charge in [0.15, 0.2) is 11.2 Å². The molecule has 0 radical (unpaired) electrons. The summed E-state index contributed by atoms with van der Waals surface area (Å²) in [6.45, 7) is -0.227. The number of nitrogens with zero attached hydrogens (tertiary/aromatic N) is 2. The number of aliphatic hydroxyl groups is 1. The molecule has 0 spiro atoms. The molecule has 3 aromatic rings. The number of hydrogen-bond donors (Lipinski definition) is 5. The maximum absolute atomic E-state index is 12.6. The Labute approximate surface area is 211 Å². The van der Waals surface area contributed by atoms with Crippen LogP contribution in [-0.4, -0.2) is 65.6 Å². The van der Waals surface area contributed by atoms with Crippen molar-refractivity contribution in [3.8, 4) is 5.75 Å². The highest BCUT2D eigenvalue weighted by Gasteiger charge is 2.52. The lowest BCUT2D eigenvalue weighted by molar-refractivity contribution is -0.274. The summed E-state index contributed by atoms with van der Waals surface area (Å²) in [4.78, 5) is 30.1. The summed E-state index contributed by atoms with van der Waals surface area (Å²) < 4.78 is 48.0. The van der Waals surface area contributed by atoms with Crippen LogP contribution in [0.5, 0.6) is 5.75 Å². The van der Waals surface area contributed by atoms with E-state index < -0.39 is 35.9 Å². The predicted molar refractivity (Wildman–Crippen MR) is 129 cm³/mol. The van der Waals surface area contributed by atoms with Crippen LogP contribution in [0.1, 0.15) is 16.8 Å². The minimum Gasteiger partial charge on any atom is -0.478 e. The molecule has 0 aliphatic carbocycles. The lowest BCUT2D eigenvalue weighted by Gasteiger charge is -2.42. The molecule has 15 heteroatoms. The number of aliphatic hydroxyl groups excluding tert-OH is 1. The molecule has 0 saturated heterocycles. The van der Waals surface area contributed by atoms with E-state index in [9.17, 15) is 27.9 Å². The number of amides is 1. The summed E-state index contributed by atoms with van der Waals surface area (Å²) in [6, 6.07) is 7.97. The van der Waals surface area contributed by atoms with Gasteiger partial charge in [0, 0.05) is 19.7 Å². The average Bonchev–Trinajstić information content (AvgIpc) is 3.32. The number of halogens is 3. The maximum Gasteiger partial charge on any atom is 0.573 e. The monoisotopic (exact) mass is 541 g/mol. The maximum atomic E-state index is 12.6. The standard InChI is InChI=1S/C22H22F3N5O6S/c1-30-15-6-3-11(19(33)34)9-14(15)28-21(30,17(18(26)32)35-8-2-7-31)29-20-27-13-5-4-12(10-16(13)37-20)36-22(23,24)25/h3-6,9-10,17,28,31H,2,7-8H2,1H3,(H2,26,32)(H,27,29)(H,33,34). The molecule has 1 aliphatic heterocycles. The molecule has 1 amide bonds. The van der Waals surface area contributed by atoms with Crippen molar-refractivity contribution in [3.63, 3.8) is 0 Å². The first kappa shape index (κ1) is 26.2. The normalized spacial score (nSPS) is 17.8. The van der Waals surface area contributed by atoms with Gasteiger partial charge in [-0.2, -0.15) is 0 Å². The summed E-state index contributed by atoms with van der Waals surface area (Å²) >= 11 is 0.991. The molecule has 0 bridgehead atoms. The second kappa shape index (κ2) is 9.91. The number of ether oxygens (including phenoxy) is 2. The molecular formula is C22H22F3N5O6S. The molecular weight excluding hydrogens is 519 g/mol. The van der Waals surface area contributed by atoms with Crippen LogP contribution < -0.4 is 26.0 Å². The quantitative estimate of drug-likeness (QED) is 0.242. The molecule has 2 heterocycles. The van der Waals surface area contributed by atoms with E-state index in [0.717, 1.165) is 17.4 Å². The number of alkyl halides is 3.